The quantitative estimate of drug-likeness (QED) is 0.552. The molecule has 171 valence electrons. The summed E-state index contributed by atoms with van der Waals surface area (Å²) < 4.78 is 12.4. The Morgan fingerprint density at radius 1 is 0.862 bits per heavy atom. The molecule has 0 aromatic carbocycles. The van der Waals surface area contributed by atoms with Crippen LogP contribution in [0, 0.1) is 0 Å². The van der Waals surface area contributed by atoms with Gasteiger partial charge in [-0.1, -0.05) is 48.2 Å². The van der Waals surface area contributed by atoms with Gasteiger partial charge in [-0.15, -0.1) is 13.1 Å². The van der Waals surface area contributed by atoms with Crippen molar-refractivity contribution in [1.29, 1.82) is 0 Å². The third-order valence-electron chi connectivity index (χ3n) is 4.65. The van der Waals surface area contributed by atoms with Crippen LogP contribution in [0.2, 0.25) is 52.4 Å². The first-order chi connectivity index (χ1) is 12.9. The second-order valence-electron chi connectivity index (χ2n) is 9.15. The van der Waals surface area contributed by atoms with Crippen molar-refractivity contribution in [2.45, 2.75) is 52.4 Å². The second-order valence-corrected chi connectivity index (χ2v) is 21.1. The van der Waals surface area contributed by atoms with Crippen molar-refractivity contribution < 1.29 is 25.8 Å². The van der Waals surface area contributed by atoms with Crippen molar-refractivity contribution >= 4 is 34.9 Å². The molecule has 29 heavy (non-hydrogen) atoms. The van der Waals surface area contributed by atoms with E-state index in [0.717, 1.165) is 52.4 Å². The largest absolute Gasteiger partial charge is 0.660 e. The molecule has 0 saturated carbocycles. The Hall–Kier alpha value is 1.34. The molecular formula is C18H48N6ScSi4-2. The summed E-state index contributed by atoms with van der Waals surface area (Å²) in [6, 6.07) is 0. The van der Waals surface area contributed by atoms with Crippen molar-refractivity contribution in [2.75, 3.05) is 66.5 Å². The Kier molecular flexibility index (Phi) is 20.0. The Balaban J connectivity index is 0. The maximum absolute atomic E-state index is 5.20. The third-order valence-corrected chi connectivity index (χ3v) is 15.4. The summed E-state index contributed by atoms with van der Waals surface area (Å²) in [4.78, 5) is 4.83. The van der Waals surface area contributed by atoms with Gasteiger partial charge in [0.1, 0.15) is 17.5 Å². The fraction of sp³-hybridized carbons (Fsp3) is 1.00. The minimum Gasteiger partial charge on any atom is -0.660 e. The smallest absolute Gasteiger partial charge is 0.145 e. The van der Waals surface area contributed by atoms with E-state index in [0.29, 0.717) is 0 Å². The number of hydrogen-bond acceptors (Lipinski definition) is 4. The van der Waals surface area contributed by atoms with Gasteiger partial charge in [0.25, 0.3) is 0 Å². The second kappa shape index (κ2) is 17.8. The maximum Gasteiger partial charge on any atom is 0.145 e. The molecule has 0 amide bonds. The maximum atomic E-state index is 5.20. The summed E-state index contributed by atoms with van der Waals surface area (Å²) >= 11 is 0. The minimum atomic E-state index is -1.60. The molecule has 1 saturated heterocycles. The molecule has 6 nitrogen and oxygen atoms in total. The number of nitrogens with zero attached hydrogens (tertiary/aromatic N) is 6. The number of likely N-dealkylation sites (N-methyl/N-ethyl adjacent to an activating group) is 2. The number of hydrogen-bond donors (Lipinski definition) is 0. The molecule has 0 spiro atoms. The van der Waals surface area contributed by atoms with Gasteiger partial charge < -0.3 is 28.6 Å². The first-order valence-electron chi connectivity index (χ1n) is 10.9. The summed E-state index contributed by atoms with van der Waals surface area (Å²) in [6.45, 7) is 27.1. The Morgan fingerprint density at radius 2 is 1.31 bits per heavy atom. The Labute approximate surface area is 207 Å². The van der Waals surface area contributed by atoms with E-state index in [-0.39, 0.29) is 34.4 Å². The first-order valence-corrected chi connectivity index (χ1v) is 21.9. The molecule has 0 aromatic rings. The molecule has 1 aliphatic rings. The third kappa shape index (κ3) is 18.6. The SMILES string of the molecule is CN1CC[N-]CCN(C)CCN([Si](C)(C)[N-][SiH](C)C)CC1.C[Si](C)=N[SiH](C)C.[Sc]. The van der Waals surface area contributed by atoms with Crippen molar-refractivity contribution in [3.8, 4) is 0 Å². The summed E-state index contributed by atoms with van der Waals surface area (Å²) in [7, 11) is 1.17. The van der Waals surface area contributed by atoms with Crippen LogP contribution in [0.15, 0.2) is 4.30 Å². The zero-order chi connectivity index (χ0) is 21.7. The van der Waals surface area contributed by atoms with E-state index >= 15 is 0 Å². The first kappa shape index (κ1) is 32.5. The van der Waals surface area contributed by atoms with Crippen molar-refractivity contribution in [2.24, 2.45) is 4.30 Å². The van der Waals surface area contributed by atoms with E-state index in [2.05, 4.69) is 90.5 Å². The molecule has 0 atom stereocenters. The summed E-state index contributed by atoms with van der Waals surface area (Å²) in [6.07, 6.45) is 0. The van der Waals surface area contributed by atoms with Crippen LogP contribution < -0.4 is 0 Å². The van der Waals surface area contributed by atoms with Crippen LogP contribution in [0.1, 0.15) is 0 Å². The van der Waals surface area contributed by atoms with E-state index in [1.54, 1.807) is 0 Å². The zero-order valence-electron chi connectivity index (χ0n) is 21.1. The molecule has 0 aliphatic carbocycles. The molecule has 1 aliphatic heterocycles. The van der Waals surface area contributed by atoms with E-state index in [1.807, 2.05) is 0 Å². The van der Waals surface area contributed by atoms with Gasteiger partial charge in [0.15, 0.2) is 0 Å². The zero-order valence-corrected chi connectivity index (χ0v) is 27.2. The molecule has 1 heterocycles. The molecule has 0 N–H and O–H groups in total. The van der Waals surface area contributed by atoms with Crippen LogP contribution in [0.3, 0.4) is 0 Å². The molecule has 11 heteroatoms. The van der Waals surface area contributed by atoms with E-state index < -0.39 is 26.3 Å². The van der Waals surface area contributed by atoms with Gasteiger partial charge in [0, 0.05) is 60.4 Å². The predicted octanol–water partition coefficient (Wildman–Crippen LogP) is 3.09. The van der Waals surface area contributed by atoms with Gasteiger partial charge in [-0.2, -0.15) is 0 Å². The van der Waals surface area contributed by atoms with Crippen LogP contribution in [0.4, 0.5) is 0 Å². The molecule has 0 unspecified atom stereocenters. The Morgan fingerprint density at radius 3 is 1.62 bits per heavy atom. The molecular weight excluding hydrogens is 458 g/mol. The molecule has 1 radical (unpaired) electrons. The molecule has 0 bridgehead atoms. The van der Waals surface area contributed by atoms with Gasteiger partial charge in [-0.3, -0.25) is 0 Å². The standard InChI is InChI=1S/C14H35N5Si2.C4H13NSi2.Sc/c1-17-9-7-15-8-10-18(2)12-14-19(13-11-17)21(5,6)16-20(3)4;1-6(2)5-7(3)4;/h20H,7-14H2,1-6H3;6H,1-4H3;/q-2;;. The van der Waals surface area contributed by atoms with E-state index in [4.69, 9.17) is 4.65 Å². The molecule has 1 rings (SSSR count). The van der Waals surface area contributed by atoms with E-state index in [9.17, 15) is 0 Å². The average molecular weight is 506 g/mol. The van der Waals surface area contributed by atoms with Gasteiger partial charge in [0.05, 0.1) is 0 Å². The minimum absolute atomic E-state index is 0. The van der Waals surface area contributed by atoms with Gasteiger partial charge in [-0.05, 0) is 40.3 Å². The van der Waals surface area contributed by atoms with Crippen LogP contribution in [-0.4, -0.2) is 116 Å². The normalized spacial score (nSPS) is 18.9. The fourth-order valence-corrected chi connectivity index (χ4v) is 14.4. The Bertz CT molecular complexity index is 421. The van der Waals surface area contributed by atoms with E-state index in [1.165, 1.54) is 0 Å². The summed E-state index contributed by atoms with van der Waals surface area (Å²) in [5.74, 6) is 0. The van der Waals surface area contributed by atoms with Crippen molar-refractivity contribution in [3.63, 3.8) is 0 Å². The fourth-order valence-electron chi connectivity index (χ4n) is 3.29. The van der Waals surface area contributed by atoms with Gasteiger partial charge in [-0.25, -0.2) is 0 Å². The van der Waals surface area contributed by atoms with Crippen molar-refractivity contribution in [1.82, 2.24) is 14.4 Å². The summed E-state index contributed by atoms with van der Waals surface area (Å²) in [5, 5.41) is 4.61. The number of rotatable bonds is 4. The van der Waals surface area contributed by atoms with Crippen LogP contribution >= 0.6 is 0 Å². The average Bonchev–Trinajstić information content (AvgIpc) is 2.50. The van der Waals surface area contributed by atoms with Crippen LogP contribution in [0.25, 0.3) is 9.96 Å². The monoisotopic (exact) mass is 505 g/mol. The molecule has 1 fully saturated rings. The van der Waals surface area contributed by atoms with Crippen LogP contribution in [0.5, 0.6) is 0 Å². The van der Waals surface area contributed by atoms with Crippen molar-refractivity contribution in [3.05, 3.63) is 9.96 Å². The topological polar surface area (TPSA) is 50.3 Å². The predicted molar refractivity (Wildman–Crippen MR) is 138 cm³/mol. The molecule has 0 aromatic heterocycles. The summed E-state index contributed by atoms with van der Waals surface area (Å²) in [5.41, 5.74) is 0. The van der Waals surface area contributed by atoms with Crippen LogP contribution in [-0.2, 0) is 25.8 Å². The van der Waals surface area contributed by atoms with Gasteiger partial charge >= 0.3 is 0 Å². The van der Waals surface area contributed by atoms with Gasteiger partial charge in [0.2, 0.25) is 0 Å².